The molecular formula is C15H16N2O4. The van der Waals surface area contributed by atoms with Crippen LogP contribution < -0.4 is 5.32 Å². The van der Waals surface area contributed by atoms with Gasteiger partial charge in [0.05, 0.1) is 38.5 Å². The predicted molar refractivity (Wildman–Crippen MR) is 74.2 cm³/mol. The van der Waals surface area contributed by atoms with Crippen LogP contribution in [0.1, 0.15) is 23.6 Å². The molecule has 110 valence electrons. The fraction of sp³-hybridized carbons (Fsp3) is 0.267. The topological polar surface area (TPSA) is 81.4 Å². The molecule has 2 heterocycles. The van der Waals surface area contributed by atoms with Gasteiger partial charge in [0.1, 0.15) is 0 Å². The smallest absolute Gasteiger partial charge is 0.307 e. The second-order valence-electron chi connectivity index (χ2n) is 4.49. The van der Waals surface area contributed by atoms with Crippen LogP contribution in [0.3, 0.4) is 0 Å². The molecule has 1 atom stereocenters. The maximum atomic E-state index is 12.0. The van der Waals surface area contributed by atoms with Gasteiger partial charge in [-0.2, -0.15) is 0 Å². The van der Waals surface area contributed by atoms with Crippen LogP contribution in [0, 0.1) is 0 Å². The molecule has 0 aromatic carbocycles. The van der Waals surface area contributed by atoms with Crippen molar-refractivity contribution in [2.75, 3.05) is 7.11 Å². The van der Waals surface area contributed by atoms with Crippen LogP contribution in [0.15, 0.2) is 47.5 Å². The zero-order valence-corrected chi connectivity index (χ0v) is 11.6. The summed E-state index contributed by atoms with van der Waals surface area (Å²) in [4.78, 5) is 27.5. The molecule has 1 unspecified atom stereocenters. The Hall–Kier alpha value is -2.63. The van der Waals surface area contributed by atoms with Crippen LogP contribution in [-0.4, -0.2) is 24.0 Å². The summed E-state index contributed by atoms with van der Waals surface area (Å²) in [6, 6.07) is 4.79. The number of hydrogen-bond donors (Lipinski definition) is 1. The van der Waals surface area contributed by atoms with Crippen molar-refractivity contribution in [3.8, 4) is 0 Å². The summed E-state index contributed by atoms with van der Waals surface area (Å²) in [5.74, 6) is -0.581. The number of aromatic nitrogens is 1. The first-order valence-electron chi connectivity index (χ1n) is 6.46. The van der Waals surface area contributed by atoms with Crippen LogP contribution >= 0.6 is 0 Å². The van der Waals surface area contributed by atoms with Gasteiger partial charge in [0.15, 0.2) is 0 Å². The molecule has 0 saturated carbocycles. The molecule has 0 aliphatic rings. The Morgan fingerprint density at radius 2 is 2.10 bits per heavy atom. The molecule has 1 amide bonds. The van der Waals surface area contributed by atoms with E-state index in [0.717, 1.165) is 11.1 Å². The highest BCUT2D eigenvalue weighted by atomic mass is 16.5. The number of methoxy groups -OCH3 is 1. The Morgan fingerprint density at radius 3 is 2.71 bits per heavy atom. The Kier molecular flexibility index (Phi) is 5.09. The van der Waals surface area contributed by atoms with Crippen molar-refractivity contribution in [3.63, 3.8) is 0 Å². The minimum atomic E-state index is -0.445. The van der Waals surface area contributed by atoms with Gasteiger partial charge in [-0.15, -0.1) is 0 Å². The highest BCUT2D eigenvalue weighted by Gasteiger charge is 2.19. The van der Waals surface area contributed by atoms with Crippen LogP contribution in [0.2, 0.25) is 0 Å². The van der Waals surface area contributed by atoms with E-state index in [0.29, 0.717) is 0 Å². The molecule has 21 heavy (non-hydrogen) atoms. The van der Waals surface area contributed by atoms with Crippen LogP contribution in [0.25, 0.3) is 0 Å². The summed E-state index contributed by atoms with van der Waals surface area (Å²) < 4.78 is 9.59. The van der Waals surface area contributed by atoms with Crippen LogP contribution in [0.4, 0.5) is 0 Å². The summed E-state index contributed by atoms with van der Waals surface area (Å²) in [7, 11) is 1.32. The first kappa shape index (κ1) is 14.8. The molecule has 2 rings (SSSR count). The van der Waals surface area contributed by atoms with Gasteiger partial charge in [-0.25, -0.2) is 0 Å². The molecule has 0 saturated heterocycles. The van der Waals surface area contributed by atoms with Gasteiger partial charge >= 0.3 is 5.97 Å². The number of nitrogens with one attached hydrogen (secondary N) is 1. The fourth-order valence-corrected chi connectivity index (χ4v) is 1.92. The Bertz CT molecular complexity index is 581. The number of carbonyl (C=O) groups excluding carboxylic acids is 2. The Labute approximate surface area is 122 Å². The van der Waals surface area contributed by atoms with Gasteiger partial charge < -0.3 is 14.5 Å². The highest BCUT2D eigenvalue weighted by Crippen LogP contribution is 2.17. The van der Waals surface area contributed by atoms with Gasteiger partial charge in [0, 0.05) is 12.4 Å². The molecular weight excluding hydrogens is 272 g/mol. The molecule has 0 fully saturated rings. The Morgan fingerprint density at radius 1 is 1.33 bits per heavy atom. The number of furan rings is 1. The third kappa shape index (κ3) is 4.45. The van der Waals surface area contributed by atoms with Gasteiger partial charge in [0.2, 0.25) is 5.91 Å². The molecule has 6 heteroatoms. The number of ether oxygens (including phenoxy) is 1. The van der Waals surface area contributed by atoms with Crippen molar-refractivity contribution in [1.82, 2.24) is 10.3 Å². The van der Waals surface area contributed by atoms with Crippen LogP contribution in [0.5, 0.6) is 0 Å². The lowest BCUT2D eigenvalue weighted by molar-refractivity contribution is -0.141. The van der Waals surface area contributed by atoms with E-state index in [9.17, 15) is 9.59 Å². The molecule has 0 spiro atoms. The first-order valence-corrected chi connectivity index (χ1v) is 6.46. The van der Waals surface area contributed by atoms with E-state index in [2.05, 4.69) is 15.0 Å². The third-order valence-corrected chi connectivity index (χ3v) is 2.99. The lowest BCUT2D eigenvalue weighted by Gasteiger charge is -2.17. The second-order valence-corrected chi connectivity index (χ2v) is 4.49. The molecule has 0 bridgehead atoms. The van der Waals surface area contributed by atoms with Crippen molar-refractivity contribution in [3.05, 3.63) is 54.2 Å². The van der Waals surface area contributed by atoms with Crippen molar-refractivity contribution in [2.45, 2.75) is 18.9 Å². The summed E-state index contributed by atoms with van der Waals surface area (Å²) in [5.41, 5.74) is 1.58. The molecule has 0 aliphatic carbocycles. The summed E-state index contributed by atoms with van der Waals surface area (Å²) in [6.45, 7) is 0. The maximum Gasteiger partial charge on any atom is 0.307 e. The van der Waals surface area contributed by atoms with Crippen molar-refractivity contribution >= 4 is 11.9 Å². The number of hydrogen-bond acceptors (Lipinski definition) is 5. The van der Waals surface area contributed by atoms with E-state index in [4.69, 9.17) is 4.42 Å². The molecule has 0 aliphatic heterocycles. The first-order chi connectivity index (χ1) is 10.2. The van der Waals surface area contributed by atoms with E-state index in [-0.39, 0.29) is 24.7 Å². The van der Waals surface area contributed by atoms with Crippen LogP contribution in [-0.2, 0) is 20.7 Å². The molecule has 2 aromatic rings. The van der Waals surface area contributed by atoms with Crippen molar-refractivity contribution in [2.24, 2.45) is 0 Å². The number of amides is 1. The quantitative estimate of drug-likeness (QED) is 0.817. The molecule has 1 N–H and O–H groups in total. The van der Waals surface area contributed by atoms with E-state index in [1.54, 1.807) is 30.6 Å². The number of rotatable bonds is 6. The Balaban J connectivity index is 2.05. The molecule has 6 nitrogen and oxygen atoms in total. The van der Waals surface area contributed by atoms with Gasteiger partial charge in [-0.1, -0.05) is 0 Å². The lowest BCUT2D eigenvalue weighted by Crippen LogP contribution is -2.31. The van der Waals surface area contributed by atoms with Crippen molar-refractivity contribution in [1.29, 1.82) is 0 Å². The minimum Gasteiger partial charge on any atom is -0.472 e. The van der Waals surface area contributed by atoms with Crippen molar-refractivity contribution < 1.29 is 18.7 Å². The van der Waals surface area contributed by atoms with Gasteiger partial charge in [0.25, 0.3) is 0 Å². The number of carbonyl (C=O) groups is 2. The average molecular weight is 288 g/mol. The van der Waals surface area contributed by atoms with E-state index >= 15 is 0 Å². The summed E-state index contributed by atoms with van der Waals surface area (Å²) in [5, 5.41) is 2.83. The summed E-state index contributed by atoms with van der Waals surface area (Å²) >= 11 is 0. The zero-order valence-electron chi connectivity index (χ0n) is 11.6. The number of esters is 1. The largest absolute Gasteiger partial charge is 0.472 e. The van der Waals surface area contributed by atoms with Gasteiger partial charge in [-0.05, 0) is 29.3 Å². The maximum absolute atomic E-state index is 12.0. The number of nitrogens with zero attached hydrogens (tertiary/aromatic N) is 1. The normalized spacial score (nSPS) is 11.7. The van der Waals surface area contributed by atoms with E-state index in [1.165, 1.54) is 19.6 Å². The highest BCUT2D eigenvalue weighted by molar-refractivity contribution is 5.80. The van der Waals surface area contributed by atoms with Gasteiger partial charge in [-0.3, -0.25) is 14.6 Å². The standard InChI is InChI=1S/C15H16N2O4/c1-20-15(19)9-13(12-2-5-16-6-3-12)17-14(18)8-11-4-7-21-10-11/h2-7,10,13H,8-9H2,1H3,(H,17,18). The number of pyridine rings is 1. The average Bonchev–Trinajstić information content (AvgIpc) is 3.00. The SMILES string of the molecule is COC(=O)CC(NC(=O)Cc1ccoc1)c1ccncc1. The predicted octanol–water partition coefficient (Wildman–Crippen LogP) is 1.64. The minimum absolute atomic E-state index is 0.0671. The third-order valence-electron chi connectivity index (χ3n) is 2.99. The van der Waals surface area contributed by atoms with E-state index in [1.807, 2.05) is 0 Å². The lowest BCUT2D eigenvalue weighted by atomic mass is 10.0. The fourth-order valence-electron chi connectivity index (χ4n) is 1.92. The zero-order chi connectivity index (χ0) is 15.1. The molecule has 0 radical (unpaired) electrons. The second kappa shape index (κ2) is 7.23. The summed E-state index contributed by atoms with van der Waals surface area (Å²) in [6.07, 6.45) is 6.51. The monoisotopic (exact) mass is 288 g/mol. The van der Waals surface area contributed by atoms with E-state index < -0.39 is 6.04 Å². The molecule has 2 aromatic heterocycles.